The molecule has 2 aromatic heterocycles. The van der Waals surface area contributed by atoms with E-state index in [0.717, 1.165) is 31.8 Å². The van der Waals surface area contributed by atoms with Crippen LogP contribution in [0.25, 0.3) is 0 Å². The topological polar surface area (TPSA) is 41.3 Å². The first kappa shape index (κ1) is 15.7. The van der Waals surface area contributed by atoms with Gasteiger partial charge in [-0.3, -0.25) is 9.88 Å². The third-order valence-corrected chi connectivity index (χ3v) is 3.38. The van der Waals surface area contributed by atoms with Crippen molar-refractivity contribution >= 4 is 0 Å². The molecule has 0 saturated heterocycles. The Kier molecular flexibility index (Phi) is 5.96. The van der Waals surface area contributed by atoms with Crippen LogP contribution in [0.1, 0.15) is 30.7 Å². The second-order valence-electron chi connectivity index (χ2n) is 5.80. The molecule has 0 saturated carbocycles. The number of rotatable bonds is 8. The lowest BCUT2D eigenvalue weighted by molar-refractivity contribution is 0.298. The Balaban J connectivity index is 1.76. The van der Waals surface area contributed by atoms with Crippen LogP contribution in [0.3, 0.4) is 0 Å². The minimum atomic E-state index is 0.492. The summed E-state index contributed by atoms with van der Waals surface area (Å²) in [5.41, 5.74) is 2.53. The van der Waals surface area contributed by atoms with E-state index < -0.39 is 0 Å². The van der Waals surface area contributed by atoms with E-state index >= 15 is 0 Å². The van der Waals surface area contributed by atoms with Gasteiger partial charge in [0.05, 0.1) is 12.8 Å². The summed E-state index contributed by atoms with van der Waals surface area (Å²) in [5, 5.41) is 3.40. The Morgan fingerprint density at radius 2 is 2.00 bits per heavy atom. The lowest BCUT2D eigenvalue weighted by Crippen LogP contribution is -2.21. The van der Waals surface area contributed by atoms with Gasteiger partial charge >= 0.3 is 0 Å². The summed E-state index contributed by atoms with van der Waals surface area (Å²) in [6, 6.07) is 6.76. The Morgan fingerprint density at radius 3 is 2.71 bits per heavy atom. The van der Waals surface area contributed by atoms with Crippen LogP contribution in [0.15, 0.2) is 41.3 Å². The molecular formula is C17H25N3O. The quantitative estimate of drug-likeness (QED) is 0.810. The minimum Gasteiger partial charge on any atom is -0.468 e. The van der Waals surface area contributed by atoms with Gasteiger partial charge in [0.1, 0.15) is 5.76 Å². The number of nitrogens with one attached hydrogen (secondary N) is 1. The summed E-state index contributed by atoms with van der Waals surface area (Å²) < 4.78 is 5.63. The van der Waals surface area contributed by atoms with Crippen molar-refractivity contribution in [3.8, 4) is 0 Å². The molecule has 0 bridgehead atoms. The molecule has 4 heteroatoms. The summed E-state index contributed by atoms with van der Waals surface area (Å²) in [6.07, 6.45) is 6.56. The third kappa shape index (κ3) is 5.69. The summed E-state index contributed by atoms with van der Waals surface area (Å²) in [7, 11) is 2.12. The first-order valence-corrected chi connectivity index (χ1v) is 7.50. The van der Waals surface area contributed by atoms with Gasteiger partial charge in [0, 0.05) is 37.1 Å². The minimum absolute atomic E-state index is 0.492. The normalized spacial score (nSPS) is 11.5. The van der Waals surface area contributed by atoms with E-state index in [1.165, 1.54) is 11.1 Å². The molecule has 0 radical (unpaired) electrons. The molecule has 2 heterocycles. The summed E-state index contributed by atoms with van der Waals surface area (Å²) in [5.74, 6) is 1.02. The molecule has 114 valence electrons. The van der Waals surface area contributed by atoms with Crippen LogP contribution in [0.5, 0.6) is 0 Å². The molecule has 21 heavy (non-hydrogen) atoms. The molecule has 0 aliphatic carbocycles. The number of pyridine rings is 1. The van der Waals surface area contributed by atoms with Gasteiger partial charge in [0.25, 0.3) is 0 Å². The van der Waals surface area contributed by atoms with Crippen molar-refractivity contribution in [2.75, 3.05) is 13.6 Å². The van der Waals surface area contributed by atoms with Crippen LogP contribution in [0.2, 0.25) is 0 Å². The van der Waals surface area contributed by atoms with Crippen LogP contribution < -0.4 is 5.32 Å². The van der Waals surface area contributed by atoms with Crippen LogP contribution in [0, 0.1) is 0 Å². The van der Waals surface area contributed by atoms with Crippen molar-refractivity contribution in [1.29, 1.82) is 0 Å². The van der Waals surface area contributed by atoms with Crippen molar-refractivity contribution < 1.29 is 4.42 Å². The van der Waals surface area contributed by atoms with Crippen molar-refractivity contribution in [2.24, 2.45) is 0 Å². The van der Waals surface area contributed by atoms with E-state index in [2.05, 4.69) is 54.3 Å². The highest BCUT2D eigenvalue weighted by molar-refractivity contribution is 5.13. The first-order chi connectivity index (χ1) is 10.1. The van der Waals surface area contributed by atoms with Crippen molar-refractivity contribution in [3.63, 3.8) is 0 Å². The molecule has 2 aromatic rings. The number of likely N-dealkylation sites (N-methyl/N-ethyl adjacent to an activating group) is 1. The molecular weight excluding hydrogens is 262 g/mol. The van der Waals surface area contributed by atoms with Gasteiger partial charge in [0.2, 0.25) is 0 Å². The van der Waals surface area contributed by atoms with E-state index in [-0.39, 0.29) is 0 Å². The molecule has 0 aliphatic heterocycles. The van der Waals surface area contributed by atoms with Crippen LogP contribution >= 0.6 is 0 Å². The third-order valence-electron chi connectivity index (χ3n) is 3.38. The molecule has 2 rings (SSSR count). The average molecular weight is 287 g/mol. The number of furan rings is 1. The second-order valence-corrected chi connectivity index (χ2v) is 5.80. The second kappa shape index (κ2) is 7.96. The fraction of sp³-hybridized carbons (Fsp3) is 0.471. The van der Waals surface area contributed by atoms with E-state index in [1.54, 1.807) is 0 Å². The Bertz CT molecular complexity index is 522. The van der Waals surface area contributed by atoms with E-state index in [1.807, 2.05) is 18.7 Å². The maximum absolute atomic E-state index is 5.63. The molecule has 4 nitrogen and oxygen atoms in total. The number of nitrogens with zero attached hydrogens (tertiary/aromatic N) is 2. The zero-order valence-electron chi connectivity index (χ0n) is 13.2. The van der Waals surface area contributed by atoms with Gasteiger partial charge in [-0.1, -0.05) is 13.8 Å². The summed E-state index contributed by atoms with van der Waals surface area (Å²) in [6.45, 7) is 7.00. The van der Waals surface area contributed by atoms with Gasteiger partial charge in [0.15, 0.2) is 0 Å². The smallest absolute Gasteiger partial charge is 0.118 e. The molecule has 1 N–H and O–H groups in total. The van der Waals surface area contributed by atoms with Crippen molar-refractivity contribution in [1.82, 2.24) is 15.2 Å². The fourth-order valence-electron chi connectivity index (χ4n) is 2.14. The fourth-order valence-corrected chi connectivity index (χ4v) is 2.14. The molecule has 0 fully saturated rings. The molecule has 0 atom stereocenters. The Labute approximate surface area is 127 Å². The highest BCUT2D eigenvalue weighted by Crippen LogP contribution is 2.10. The van der Waals surface area contributed by atoms with Gasteiger partial charge in [-0.05, 0) is 37.2 Å². The average Bonchev–Trinajstić information content (AvgIpc) is 2.91. The monoisotopic (exact) mass is 287 g/mol. The summed E-state index contributed by atoms with van der Waals surface area (Å²) >= 11 is 0. The van der Waals surface area contributed by atoms with Gasteiger partial charge < -0.3 is 9.73 Å². The van der Waals surface area contributed by atoms with Crippen LogP contribution in [0.4, 0.5) is 0 Å². The maximum atomic E-state index is 5.63. The van der Waals surface area contributed by atoms with Gasteiger partial charge in [-0.25, -0.2) is 0 Å². The van der Waals surface area contributed by atoms with E-state index in [9.17, 15) is 0 Å². The molecule has 0 aromatic carbocycles. The zero-order valence-corrected chi connectivity index (χ0v) is 13.2. The molecule has 0 amide bonds. The maximum Gasteiger partial charge on any atom is 0.118 e. The van der Waals surface area contributed by atoms with Crippen molar-refractivity contribution in [2.45, 2.75) is 39.4 Å². The highest BCUT2D eigenvalue weighted by atomic mass is 16.3. The van der Waals surface area contributed by atoms with Gasteiger partial charge in [-0.2, -0.15) is 0 Å². The number of hydrogen-bond acceptors (Lipinski definition) is 4. The Morgan fingerprint density at radius 1 is 1.24 bits per heavy atom. The highest BCUT2D eigenvalue weighted by Gasteiger charge is 2.06. The van der Waals surface area contributed by atoms with E-state index in [0.29, 0.717) is 6.04 Å². The largest absolute Gasteiger partial charge is 0.468 e. The molecule has 0 unspecified atom stereocenters. The molecule has 0 aliphatic rings. The Hall–Kier alpha value is -1.65. The standard InChI is InChI=1S/C17H25N3O/c1-14(2)19-11-16-10-17(21-13-16)12-20(3)9-6-15-4-7-18-8-5-15/h4-5,7-8,10,13-14,19H,6,9,11-12H2,1-3H3. The van der Waals surface area contributed by atoms with Crippen molar-refractivity contribution in [3.05, 3.63) is 53.7 Å². The lowest BCUT2D eigenvalue weighted by Gasteiger charge is -2.14. The predicted octanol–water partition coefficient (Wildman–Crippen LogP) is 2.85. The van der Waals surface area contributed by atoms with Gasteiger partial charge in [-0.15, -0.1) is 0 Å². The lowest BCUT2D eigenvalue weighted by atomic mass is 10.2. The van der Waals surface area contributed by atoms with Crippen LogP contribution in [-0.4, -0.2) is 29.5 Å². The summed E-state index contributed by atoms with van der Waals surface area (Å²) in [4.78, 5) is 6.31. The predicted molar refractivity (Wildman–Crippen MR) is 85.0 cm³/mol. The number of aromatic nitrogens is 1. The van der Waals surface area contributed by atoms with E-state index in [4.69, 9.17) is 4.42 Å². The molecule has 0 spiro atoms. The SMILES string of the molecule is CC(C)NCc1coc(CN(C)CCc2ccncc2)c1. The first-order valence-electron chi connectivity index (χ1n) is 7.50. The number of hydrogen-bond donors (Lipinski definition) is 1. The van der Waals surface area contributed by atoms with Crippen LogP contribution in [-0.2, 0) is 19.5 Å². The zero-order chi connectivity index (χ0) is 15.1.